The number of phosphoric ester groups is 2. The number of hydrogen-bond acceptors (Lipinski definition) is 13. The van der Waals surface area contributed by atoms with Gasteiger partial charge in [0.2, 0.25) is 0 Å². The molecule has 6 atom stereocenters. The number of rotatable bonds is 13. The summed E-state index contributed by atoms with van der Waals surface area (Å²) in [6.07, 6.45) is -2.85. The van der Waals surface area contributed by atoms with E-state index in [9.17, 15) is 38.7 Å². The average molecular weight is 547 g/mol. The zero-order valence-corrected chi connectivity index (χ0v) is 24.6. The molecular formula is C15H25N3Na2O12P2. The van der Waals surface area contributed by atoms with Gasteiger partial charge >= 0.3 is 64.8 Å². The van der Waals surface area contributed by atoms with Crippen LogP contribution in [0.5, 0.6) is 0 Å². The number of phosphoric acid groups is 2. The van der Waals surface area contributed by atoms with E-state index in [0.717, 1.165) is 29.7 Å². The molecule has 184 valence electrons. The molecule has 0 aromatic carbocycles. The quantitative estimate of drug-likeness (QED) is 0.102. The van der Waals surface area contributed by atoms with Gasteiger partial charge in [0.1, 0.15) is 18.3 Å². The number of unbranched alkanes of at least 4 members (excludes halogenated alkanes) is 3. The molecule has 6 unspecified atom stereocenters. The third-order valence-corrected chi connectivity index (χ3v) is 6.97. The summed E-state index contributed by atoms with van der Waals surface area (Å²) in [6.45, 7) is -0.732. The Hall–Kier alpha value is 0.780. The molecule has 2 rings (SSSR count). The van der Waals surface area contributed by atoms with Gasteiger partial charge in [-0.15, -0.1) is 0 Å². The summed E-state index contributed by atoms with van der Waals surface area (Å²) < 4.78 is 42.4. The molecule has 1 aromatic rings. The van der Waals surface area contributed by atoms with Crippen molar-refractivity contribution in [2.24, 2.45) is 5.73 Å². The van der Waals surface area contributed by atoms with Gasteiger partial charge in [-0.1, -0.05) is 12.8 Å². The Balaban J connectivity index is 0.00000544. The minimum Gasteiger partial charge on any atom is -0.756 e. The maximum atomic E-state index is 11.8. The van der Waals surface area contributed by atoms with Crippen molar-refractivity contribution in [3.63, 3.8) is 0 Å². The fraction of sp³-hybridized carbons (Fsp3) is 0.733. The Kier molecular flexibility index (Phi) is 16.3. The van der Waals surface area contributed by atoms with Crippen LogP contribution in [0.25, 0.3) is 0 Å². The average Bonchev–Trinajstić information content (AvgIpc) is 2.97. The van der Waals surface area contributed by atoms with E-state index >= 15 is 0 Å². The van der Waals surface area contributed by atoms with Crippen molar-refractivity contribution in [3.8, 4) is 0 Å². The predicted molar refractivity (Wildman–Crippen MR) is 103 cm³/mol. The molecule has 1 aromatic heterocycles. The molecule has 0 amide bonds. The molecule has 19 heteroatoms. The van der Waals surface area contributed by atoms with Gasteiger partial charge in [-0.05, 0) is 19.4 Å². The van der Waals surface area contributed by atoms with Crippen LogP contribution < -0.4 is 85.9 Å². The largest absolute Gasteiger partial charge is 1.00 e. The van der Waals surface area contributed by atoms with Crippen LogP contribution in [0, 0.1) is 0 Å². The van der Waals surface area contributed by atoms with E-state index in [1.54, 1.807) is 0 Å². The zero-order chi connectivity index (χ0) is 23.9. The summed E-state index contributed by atoms with van der Waals surface area (Å²) >= 11 is 0. The van der Waals surface area contributed by atoms with Crippen LogP contribution in [0.15, 0.2) is 21.9 Å². The standard InChI is InChI=1S/C15H27N3O12P2.2Na/c16-6-3-1-2-4-8-27-31(23,24)30-32(25,26)28-9-10-12(20)13(21)14(29-10)18-7-5-11(19)17-15(18)22;;/h5,7,10,12-14,20-21H,1-4,6,8-9,16H2,(H,23,24)(H,25,26)(H,17,19,22);;/q;2*+1/p-2. The second-order valence-corrected chi connectivity index (χ2v) is 9.83. The van der Waals surface area contributed by atoms with Gasteiger partial charge in [0.25, 0.3) is 21.2 Å². The molecule has 0 saturated carbocycles. The number of ether oxygens (including phenoxy) is 1. The van der Waals surface area contributed by atoms with Gasteiger partial charge in [0.15, 0.2) is 6.23 Å². The molecule has 0 spiro atoms. The number of aliphatic hydroxyl groups excluding tert-OH is 2. The van der Waals surface area contributed by atoms with Crippen LogP contribution >= 0.6 is 15.6 Å². The summed E-state index contributed by atoms with van der Waals surface area (Å²) in [7, 11) is -10.7. The molecule has 1 saturated heterocycles. The van der Waals surface area contributed by atoms with E-state index in [2.05, 4.69) is 13.4 Å². The van der Waals surface area contributed by atoms with Crippen LogP contribution in [0.1, 0.15) is 31.9 Å². The summed E-state index contributed by atoms with van der Waals surface area (Å²) in [4.78, 5) is 48.4. The minimum absolute atomic E-state index is 0. The van der Waals surface area contributed by atoms with Gasteiger partial charge in [0, 0.05) is 12.3 Å². The first-order valence-corrected chi connectivity index (χ1v) is 12.5. The summed E-state index contributed by atoms with van der Waals surface area (Å²) in [5, 5.41) is 20.1. The van der Waals surface area contributed by atoms with E-state index in [-0.39, 0.29) is 65.7 Å². The molecule has 15 nitrogen and oxygen atoms in total. The van der Waals surface area contributed by atoms with Gasteiger partial charge in [-0.3, -0.25) is 23.5 Å². The van der Waals surface area contributed by atoms with Crippen molar-refractivity contribution in [3.05, 3.63) is 33.1 Å². The third kappa shape index (κ3) is 11.0. The van der Waals surface area contributed by atoms with Crippen LogP contribution in [0.3, 0.4) is 0 Å². The van der Waals surface area contributed by atoms with Crippen LogP contribution in [-0.4, -0.2) is 57.8 Å². The Labute approximate surface area is 238 Å². The number of aromatic nitrogens is 2. The fourth-order valence-corrected chi connectivity index (χ4v) is 4.87. The minimum atomic E-state index is -5.44. The maximum Gasteiger partial charge on any atom is 1.00 e. The number of H-pyrrole nitrogens is 1. The Morgan fingerprint density at radius 1 is 1.06 bits per heavy atom. The molecule has 1 aliphatic heterocycles. The van der Waals surface area contributed by atoms with Crippen LogP contribution in [0.2, 0.25) is 0 Å². The molecule has 5 N–H and O–H groups in total. The molecular weight excluding hydrogens is 522 g/mol. The number of nitrogens with one attached hydrogen (secondary N) is 1. The van der Waals surface area contributed by atoms with E-state index in [0.29, 0.717) is 19.4 Å². The molecule has 1 fully saturated rings. The molecule has 0 aliphatic carbocycles. The first-order valence-electron chi connectivity index (χ1n) is 9.61. The number of nitrogens with zero attached hydrogens (tertiary/aromatic N) is 1. The Morgan fingerprint density at radius 2 is 1.68 bits per heavy atom. The van der Waals surface area contributed by atoms with E-state index in [1.165, 1.54) is 0 Å². The van der Waals surface area contributed by atoms with Crippen molar-refractivity contribution >= 4 is 15.6 Å². The molecule has 34 heavy (non-hydrogen) atoms. The number of hydrogen-bond donors (Lipinski definition) is 4. The molecule has 0 radical (unpaired) electrons. The van der Waals surface area contributed by atoms with Crippen LogP contribution in [0.4, 0.5) is 0 Å². The number of aromatic amines is 1. The first-order chi connectivity index (χ1) is 15.0. The molecule has 0 bridgehead atoms. The van der Waals surface area contributed by atoms with E-state index in [4.69, 9.17) is 10.5 Å². The van der Waals surface area contributed by atoms with E-state index in [1.807, 2.05) is 4.98 Å². The number of nitrogens with two attached hydrogens (primary N) is 1. The molecule has 2 heterocycles. The third-order valence-electron chi connectivity index (χ3n) is 4.41. The van der Waals surface area contributed by atoms with Gasteiger partial charge in [-0.2, -0.15) is 0 Å². The summed E-state index contributed by atoms with van der Waals surface area (Å²) in [6, 6.07) is 0.970. The van der Waals surface area contributed by atoms with Gasteiger partial charge in [-0.25, -0.2) is 9.11 Å². The monoisotopic (exact) mass is 547 g/mol. The van der Waals surface area contributed by atoms with Crippen molar-refractivity contribution in [1.82, 2.24) is 9.55 Å². The van der Waals surface area contributed by atoms with Crippen molar-refractivity contribution in [1.29, 1.82) is 0 Å². The Bertz CT molecular complexity index is 963. The van der Waals surface area contributed by atoms with Gasteiger partial charge in [0.05, 0.1) is 13.2 Å². The van der Waals surface area contributed by atoms with Crippen molar-refractivity contribution in [2.75, 3.05) is 19.8 Å². The smallest absolute Gasteiger partial charge is 0.756 e. The topological polar surface area (TPSA) is 239 Å². The number of aliphatic hydroxyl groups is 2. The zero-order valence-electron chi connectivity index (χ0n) is 18.8. The van der Waals surface area contributed by atoms with Crippen LogP contribution in [-0.2, 0) is 27.2 Å². The van der Waals surface area contributed by atoms with Crippen molar-refractivity contribution in [2.45, 2.75) is 50.2 Å². The predicted octanol–water partition coefficient (Wildman–Crippen LogP) is -8.33. The normalized spacial score (nSPS) is 25.6. The second-order valence-electron chi connectivity index (χ2n) is 6.87. The first kappa shape index (κ1) is 34.8. The fourth-order valence-electron chi connectivity index (χ4n) is 2.84. The second kappa shape index (κ2) is 15.9. The van der Waals surface area contributed by atoms with Gasteiger partial charge < -0.3 is 39.5 Å². The molecule has 1 aliphatic rings. The summed E-state index contributed by atoms with van der Waals surface area (Å²) in [5.74, 6) is 0. The Morgan fingerprint density at radius 3 is 2.29 bits per heavy atom. The van der Waals surface area contributed by atoms with E-state index < -0.39 is 58.0 Å². The van der Waals surface area contributed by atoms with Crippen molar-refractivity contribution < 1.29 is 106 Å². The maximum absolute atomic E-state index is 11.8. The SMILES string of the molecule is NCCCCCCOP(=O)([O-])OP(=O)([O-])OCC1OC(n2ccc(=O)[nH]c2=O)C(O)C1O.[Na+].[Na+]. The summed E-state index contributed by atoms with van der Waals surface area (Å²) in [5.41, 5.74) is 3.68.